The van der Waals surface area contributed by atoms with E-state index < -0.39 is 17.5 Å². The van der Waals surface area contributed by atoms with Crippen molar-refractivity contribution in [3.05, 3.63) is 45.6 Å². The van der Waals surface area contributed by atoms with Crippen molar-refractivity contribution in [1.82, 2.24) is 10.4 Å². The monoisotopic (exact) mass is 392 g/mol. The highest BCUT2D eigenvalue weighted by Gasteiger charge is 2.30. The minimum atomic E-state index is -0.655. The lowest BCUT2D eigenvalue weighted by Crippen LogP contribution is -2.44. The number of nitrogens with one attached hydrogen (secondary N) is 1. The van der Waals surface area contributed by atoms with Gasteiger partial charge in [-0.25, -0.2) is 9.80 Å². The van der Waals surface area contributed by atoms with Crippen LogP contribution < -0.4 is 5.43 Å². The Bertz CT molecular complexity index is 809. The van der Waals surface area contributed by atoms with Crippen LogP contribution in [0, 0.1) is 6.92 Å². The fourth-order valence-electron chi connectivity index (χ4n) is 2.75. The molecule has 1 N–H and O–H groups in total. The van der Waals surface area contributed by atoms with Crippen molar-refractivity contribution >= 4 is 29.3 Å². The van der Waals surface area contributed by atoms with Crippen LogP contribution in [0.3, 0.4) is 0 Å². The lowest BCUT2D eigenvalue weighted by Gasteiger charge is -2.28. The molecule has 0 radical (unpaired) electrons. The molecule has 1 aliphatic rings. The third kappa shape index (κ3) is 5.32. The number of aryl methyl sites for hydroxylation is 1. The number of ketones is 2. The molecule has 0 bridgehead atoms. The lowest BCUT2D eigenvalue weighted by atomic mass is 9.89. The van der Waals surface area contributed by atoms with Crippen molar-refractivity contribution in [2.45, 2.75) is 52.6 Å². The van der Waals surface area contributed by atoms with Crippen LogP contribution in [0.15, 0.2) is 29.5 Å². The van der Waals surface area contributed by atoms with Crippen molar-refractivity contribution < 1.29 is 19.1 Å². The van der Waals surface area contributed by atoms with E-state index in [-0.39, 0.29) is 28.4 Å². The Labute approximate surface area is 164 Å². The van der Waals surface area contributed by atoms with E-state index in [1.807, 2.05) is 6.92 Å². The van der Waals surface area contributed by atoms with Crippen LogP contribution in [-0.4, -0.2) is 35.3 Å². The summed E-state index contributed by atoms with van der Waals surface area (Å²) < 4.78 is 5.29. The van der Waals surface area contributed by atoms with E-state index in [1.165, 1.54) is 7.05 Å². The summed E-state index contributed by atoms with van der Waals surface area (Å²) in [6, 6.07) is 5.10. The van der Waals surface area contributed by atoms with Gasteiger partial charge < -0.3 is 4.74 Å². The maximum atomic E-state index is 13.0. The molecule has 0 fully saturated rings. The number of halogens is 1. The Hall–Kier alpha value is -2.34. The van der Waals surface area contributed by atoms with Crippen LogP contribution in [0.1, 0.15) is 56.0 Å². The maximum absolute atomic E-state index is 13.0. The Kier molecular flexibility index (Phi) is 6.31. The molecule has 27 heavy (non-hydrogen) atoms. The molecular formula is C20H25ClN2O4. The van der Waals surface area contributed by atoms with Gasteiger partial charge in [0.15, 0.2) is 11.6 Å². The summed E-state index contributed by atoms with van der Waals surface area (Å²) in [6.45, 7) is 7.13. The van der Waals surface area contributed by atoms with Crippen molar-refractivity contribution in [3.63, 3.8) is 0 Å². The third-order valence-electron chi connectivity index (χ3n) is 3.97. The molecule has 0 saturated carbocycles. The number of amides is 1. The van der Waals surface area contributed by atoms with Crippen molar-refractivity contribution in [2.24, 2.45) is 0 Å². The zero-order valence-electron chi connectivity index (χ0n) is 16.3. The summed E-state index contributed by atoms with van der Waals surface area (Å²) in [5.41, 5.74) is 3.80. The van der Waals surface area contributed by atoms with Gasteiger partial charge in [0.05, 0.1) is 10.6 Å². The topological polar surface area (TPSA) is 75.7 Å². The Morgan fingerprint density at radius 3 is 2.52 bits per heavy atom. The first kappa shape index (κ1) is 21.0. The van der Waals surface area contributed by atoms with E-state index in [4.69, 9.17) is 16.3 Å². The fourth-order valence-corrected chi connectivity index (χ4v) is 2.95. The Morgan fingerprint density at radius 1 is 1.22 bits per heavy atom. The van der Waals surface area contributed by atoms with E-state index in [2.05, 4.69) is 5.43 Å². The Morgan fingerprint density at radius 2 is 1.89 bits per heavy atom. The normalized spacial score (nSPS) is 14.8. The van der Waals surface area contributed by atoms with Gasteiger partial charge in [-0.3, -0.25) is 15.0 Å². The van der Waals surface area contributed by atoms with Crippen LogP contribution in [-0.2, 0) is 9.53 Å². The van der Waals surface area contributed by atoms with Gasteiger partial charge >= 0.3 is 6.09 Å². The average Bonchev–Trinajstić information content (AvgIpc) is 2.55. The molecule has 0 aromatic heterocycles. The number of hydrazine groups is 1. The summed E-state index contributed by atoms with van der Waals surface area (Å²) in [6.07, 6.45) is 0.755. The number of carbonyl (C=O) groups is 3. The molecule has 2 rings (SSSR count). The van der Waals surface area contributed by atoms with E-state index in [9.17, 15) is 14.4 Å². The molecule has 1 aromatic rings. The van der Waals surface area contributed by atoms with Gasteiger partial charge in [0.2, 0.25) is 0 Å². The van der Waals surface area contributed by atoms with Gasteiger partial charge in [-0.05, 0) is 52.7 Å². The second-order valence-corrected chi connectivity index (χ2v) is 8.00. The van der Waals surface area contributed by atoms with Gasteiger partial charge in [0, 0.05) is 24.7 Å². The molecule has 0 spiro atoms. The number of carbonyl (C=O) groups excluding carboxylic acids is 3. The van der Waals surface area contributed by atoms with E-state index >= 15 is 0 Å². The van der Waals surface area contributed by atoms with E-state index in [1.54, 1.807) is 39.0 Å². The minimum absolute atomic E-state index is 0.0455. The van der Waals surface area contributed by atoms with Crippen LogP contribution >= 0.6 is 11.6 Å². The van der Waals surface area contributed by atoms with E-state index in [0.717, 1.165) is 10.6 Å². The quantitative estimate of drug-likeness (QED) is 0.472. The standard InChI is InChI=1S/C20H25ClN2O4/c1-12-9-10-14(21)13(11-12)18(25)17-15(7-6-8-16(17)24)22-23(5)19(26)27-20(2,3)4/h9-11,22H,6-8H2,1-5H3. The smallest absolute Gasteiger partial charge is 0.428 e. The second kappa shape index (κ2) is 8.13. The fraction of sp³-hybridized carbons (Fsp3) is 0.450. The first-order chi connectivity index (χ1) is 12.5. The van der Waals surface area contributed by atoms with Gasteiger partial charge in [-0.1, -0.05) is 23.2 Å². The van der Waals surface area contributed by atoms with Crippen molar-refractivity contribution in [3.8, 4) is 0 Å². The zero-order chi connectivity index (χ0) is 20.4. The number of rotatable bonds is 4. The van der Waals surface area contributed by atoms with Crippen LogP contribution in [0.2, 0.25) is 5.02 Å². The summed E-state index contributed by atoms with van der Waals surface area (Å²) in [5.74, 6) is -0.697. The summed E-state index contributed by atoms with van der Waals surface area (Å²) >= 11 is 6.17. The first-order valence-electron chi connectivity index (χ1n) is 8.80. The van der Waals surface area contributed by atoms with Crippen LogP contribution in [0.4, 0.5) is 4.79 Å². The van der Waals surface area contributed by atoms with Gasteiger partial charge in [0.25, 0.3) is 0 Å². The predicted molar refractivity (Wildman–Crippen MR) is 104 cm³/mol. The summed E-state index contributed by atoms with van der Waals surface area (Å²) in [4.78, 5) is 37.7. The number of nitrogens with zero attached hydrogens (tertiary/aromatic N) is 1. The second-order valence-electron chi connectivity index (χ2n) is 7.59. The molecule has 146 valence electrons. The maximum Gasteiger partial charge on any atom is 0.428 e. The van der Waals surface area contributed by atoms with Crippen LogP contribution in [0.25, 0.3) is 0 Å². The van der Waals surface area contributed by atoms with Crippen molar-refractivity contribution in [2.75, 3.05) is 7.05 Å². The van der Waals surface area contributed by atoms with Crippen molar-refractivity contribution in [1.29, 1.82) is 0 Å². The lowest BCUT2D eigenvalue weighted by molar-refractivity contribution is -0.115. The molecule has 1 aromatic carbocycles. The highest BCUT2D eigenvalue weighted by molar-refractivity contribution is 6.37. The molecular weight excluding hydrogens is 368 g/mol. The highest BCUT2D eigenvalue weighted by atomic mass is 35.5. The molecule has 0 heterocycles. The predicted octanol–water partition coefficient (Wildman–Crippen LogP) is 4.21. The molecule has 0 unspecified atom stereocenters. The number of Topliss-reactive ketones (excluding diaryl/α,β-unsaturated/α-hetero) is 2. The first-order valence-corrected chi connectivity index (χ1v) is 9.18. The molecule has 0 saturated heterocycles. The number of allylic oxidation sites excluding steroid dienone is 2. The largest absolute Gasteiger partial charge is 0.442 e. The molecule has 1 amide bonds. The molecule has 7 heteroatoms. The average molecular weight is 393 g/mol. The summed E-state index contributed by atoms with van der Waals surface area (Å²) in [7, 11) is 1.49. The number of ether oxygens (including phenoxy) is 1. The molecule has 0 aliphatic heterocycles. The SMILES string of the molecule is Cc1ccc(Cl)c(C(=O)C2=C(NN(C)C(=O)OC(C)(C)C)CCCC2=O)c1. The Balaban J connectivity index is 2.35. The van der Waals surface area contributed by atoms with E-state index in [0.29, 0.717) is 18.5 Å². The van der Waals surface area contributed by atoms with Crippen LogP contribution in [0.5, 0.6) is 0 Å². The summed E-state index contributed by atoms with van der Waals surface area (Å²) in [5, 5.41) is 1.43. The number of hydrogen-bond acceptors (Lipinski definition) is 5. The minimum Gasteiger partial charge on any atom is -0.442 e. The highest BCUT2D eigenvalue weighted by Crippen LogP contribution is 2.27. The number of hydrogen-bond donors (Lipinski definition) is 1. The number of benzene rings is 1. The third-order valence-corrected chi connectivity index (χ3v) is 4.30. The molecule has 6 nitrogen and oxygen atoms in total. The van der Waals surface area contributed by atoms with Gasteiger partial charge in [-0.15, -0.1) is 0 Å². The molecule has 1 aliphatic carbocycles. The molecule has 0 atom stereocenters. The zero-order valence-corrected chi connectivity index (χ0v) is 17.1. The van der Waals surface area contributed by atoms with Gasteiger partial charge in [-0.2, -0.15) is 0 Å². The van der Waals surface area contributed by atoms with Gasteiger partial charge in [0.1, 0.15) is 5.60 Å².